The number of anilines is 1. The molecule has 0 saturated heterocycles. The Morgan fingerprint density at radius 3 is 2.79 bits per heavy atom. The number of hydrogen-bond donors (Lipinski definition) is 1. The van der Waals surface area contributed by atoms with Crippen molar-refractivity contribution >= 4 is 5.82 Å². The fourth-order valence-electron chi connectivity index (χ4n) is 2.50. The molecule has 0 atom stereocenters. The number of rotatable bonds is 2. The molecule has 0 radical (unpaired) electrons. The van der Waals surface area contributed by atoms with E-state index in [4.69, 9.17) is 4.74 Å². The van der Waals surface area contributed by atoms with Gasteiger partial charge in [-0.25, -0.2) is 0 Å². The van der Waals surface area contributed by atoms with Crippen molar-refractivity contribution in [1.29, 1.82) is 0 Å². The first-order valence-electron chi connectivity index (χ1n) is 6.49. The van der Waals surface area contributed by atoms with Crippen LogP contribution in [0.1, 0.15) is 16.7 Å². The molecule has 1 aliphatic heterocycles. The van der Waals surface area contributed by atoms with Crippen molar-refractivity contribution in [3.05, 3.63) is 34.9 Å². The fraction of sp³-hybridized carbons (Fsp3) is 0.333. The number of nitrogens with zero attached hydrogens (tertiary/aromatic N) is 2. The van der Waals surface area contributed by atoms with Crippen LogP contribution in [0.15, 0.2) is 18.2 Å². The average molecular weight is 255 g/mol. The minimum absolute atomic E-state index is 0.756. The lowest BCUT2D eigenvalue weighted by molar-refractivity contribution is 0.358. The first-order valence-corrected chi connectivity index (χ1v) is 6.49. The lowest BCUT2D eigenvalue weighted by Crippen LogP contribution is -2.03. The van der Waals surface area contributed by atoms with Crippen molar-refractivity contribution < 1.29 is 4.74 Å². The summed E-state index contributed by atoms with van der Waals surface area (Å²) >= 11 is 0. The normalized spacial score (nSPS) is 13.0. The molecule has 2 heterocycles. The number of fused-ring (bicyclic) bond motifs is 1. The van der Waals surface area contributed by atoms with Crippen LogP contribution in [0.25, 0.3) is 11.3 Å². The van der Waals surface area contributed by atoms with Crippen LogP contribution in [0.4, 0.5) is 5.82 Å². The molecule has 4 heteroatoms. The highest BCUT2D eigenvalue weighted by molar-refractivity contribution is 5.74. The predicted octanol–water partition coefficient (Wildman–Crippen LogP) is 2.74. The summed E-state index contributed by atoms with van der Waals surface area (Å²) in [6.45, 7) is 4.89. The Hall–Kier alpha value is -2.10. The number of ether oxygens (including phenoxy) is 1. The van der Waals surface area contributed by atoms with Gasteiger partial charge in [-0.2, -0.15) is 0 Å². The van der Waals surface area contributed by atoms with Crippen molar-refractivity contribution in [3.8, 4) is 17.0 Å². The van der Waals surface area contributed by atoms with Crippen molar-refractivity contribution in [1.82, 2.24) is 10.2 Å². The van der Waals surface area contributed by atoms with Crippen LogP contribution in [-0.2, 0) is 6.42 Å². The standard InChI is InChI=1S/C15H17N3O/c1-9-10(2)15(16-3)18-17-13(9)12-6-4-5-11-7-8-19-14(11)12/h4-6H,7-8H2,1-3H3,(H,16,18). The van der Waals surface area contributed by atoms with Gasteiger partial charge in [-0.05, 0) is 36.6 Å². The van der Waals surface area contributed by atoms with E-state index in [0.29, 0.717) is 0 Å². The zero-order valence-electron chi connectivity index (χ0n) is 11.4. The van der Waals surface area contributed by atoms with Crippen LogP contribution in [0.5, 0.6) is 5.75 Å². The van der Waals surface area contributed by atoms with E-state index in [9.17, 15) is 0 Å². The lowest BCUT2D eigenvalue weighted by atomic mass is 10.0. The SMILES string of the molecule is CNc1nnc(-c2cccc3c2OCC3)c(C)c1C. The van der Waals surface area contributed by atoms with Gasteiger partial charge in [0.2, 0.25) is 0 Å². The van der Waals surface area contributed by atoms with Crippen LogP contribution in [0.2, 0.25) is 0 Å². The summed E-state index contributed by atoms with van der Waals surface area (Å²) in [5, 5.41) is 11.7. The molecular formula is C15H17N3O. The largest absolute Gasteiger partial charge is 0.492 e. The quantitative estimate of drug-likeness (QED) is 0.896. The molecule has 1 aromatic heterocycles. The minimum atomic E-state index is 0.756. The van der Waals surface area contributed by atoms with E-state index >= 15 is 0 Å². The molecule has 4 nitrogen and oxygen atoms in total. The maximum absolute atomic E-state index is 5.75. The summed E-state index contributed by atoms with van der Waals surface area (Å²) in [6, 6.07) is 6.23. The molecule has 1 N–H and O–H groups in total. The van der Waals surface area contributed by atoms with Crippen LogP contribution >= 0.6 is 0 Å². The molecule has 0 unspecified atom stereocenters. The van der Waals surface area contributed by atoms with E-state index in [1.807, 2.05) is 7.05 Å². The molecule has 1 aliphatic rings. The van der Waals surface area contributed by atoms with Crippen molar-refractivity contribution in [2.45, 2.75) is 20.3 Å². The van der Waals surface area contributed by atoms with Gasteiger partial charge in [-0.1, -0.05) is 12.1 Å². The van der Waals surface area contributed by atoms with Gasteiger partial charge in [0.1, 0.15) is 5.75 Å². The third-order valence-electron chi connectivity index (χ3n) is 3.73. The number of nitrogens with one attached hydrogen (secondary N) is 1. The summed E-state index contributed by atoms with van der Waals surface area (Å²) in [5.41, 5.74) is 5.49. The summed E-state index contributed by atoms with van der Waals surface area (Å²) < 4.78 is 5.75. The Morgan fingerprint density at radius 2 is 2.00 bits per heavy atom. The zero-order chi connectivity index (χ0) is 13.4. The van der Waals surface area contributed by atoms with E-state index in [-0.39, 0.29) is 0 Å². The highest BCUT2D eigenvalue weighted by Crippen LogP contribution is 2.37. The topological polar surface area (TPSA) is 47.0 Å². The van der Waals surface area contributed by atoms with Crippen LogP contribution in [0.3, 0.4) is 0 Å². The Bertz CT molecular complexity index is 638. The molecule has 19 heavy (non-hydrogen) atoms. The zero-order valence-corrected chi connectivity index (χ0v) is 11.4. The highest BCUT2D eigenvalue weighted by Gasteiger charge is 2.20. The Morgan fingerprint density at radius 1 is 1.16 bits per heavy atom. The summed E-state index contributed by atoms with van der Waals surface area (Å²) in [5.74, 6) is 1.80. The average Bonchev–Trinajstić information content (AvgIpc) is 2.90. The molecule has 3 rings (SSSR count). The molecule has 2 aromatic rings. The molecule has 98 valence electrons. The molecule has 0 bridgehead atoms. The Labute approximate surface area is 112 Å². The molecule has 0 saturated carbocycles. The lowest BCUT2D eigenvalue weighted by Gasteiger charge is -2.13. The molecule has 1 aromatic carbocycles. The Kier molecular flexibility index (Phi) is 2.85. The maximum Gasteiger partial charge on any atom is 0.151 e. The van der Waals surface area contributed by atoms with Gasteiger partial charge in [-0.15, -0.1) is 10.2 Å². The van der Waals surface area contributed by atoms with Gasteiger partial charge in [-0.3, -0.25) is 0 Å². The second-order valence-corrected chi connectivity index (χ2v) is 4.79. The van der Waals surface area contributed by atoms with Crippen LogP contribution in [0, 0.1) is 13.8 Å². The van der Waals surface area contributed by atoms with Crippen molar-refractivity contribution in [2.24, 2.45) is 0 Å². The monoisotopic (exact) mass is 255 g/mol. The second kappa shape index (κ2) is 4.53. The second-order valence-electron chi connectivity index (χ2n) is 4.79. The molecule has 0 fully saturated rings. The molecule has 0 spiro atoms. The smallest absolute Gasteiger partial charge is 0.151 e. The van der Waals surface area contributed by atoms with Crippen molar-refractivity contribution in [2.75, 3.05) is 19.0 Å². The summed E-state index contributed by atoms with van der Waals surface area (Å²) in [6.07, 6.45) is 0.975. The Balaban J connectivity index is 2.18. The van der Waals surface area contributed by atoms with E-state index < -0.39 is 0 Å². The third-order valence-corrected chi connectivity index (χ3v) is 3.73. The van der Waals surface area contributed by atoms with Gasteiger partial charge in [0.05, 0.1) is 12.3 Å². The van der Waals surface area contributed by atoms with Gasteiger partial charge in [0.15, 0.2) is 5.82 Å². The van der Waals surface area contributed by atoms with Gasteiger partial charge >= 0.3 is 0 Å². The first kappa shape index (κ1) is 12.0. The molecule has 0 amide bonds. The third kappa shape index (κ3) is 1.84. The van der Waals surface area contributed by atoms with Gasteiger partial charge in [0, 0.05) is 19.0 Å². The number of hydrogen-bond acceptors (Lipinski definition) is 4. The molecule has 0 aliphatic carbocycles. The van der Waals surface area contributed by atoms with Crippen LogP contribution in [-0.4, -0.2) is 23.9 Å². The predicted molar refractivity (Wildman–Crippen MR) is 75.7 cm³/mol. The number of aromatic nitrogens is 2. The summed E-state index contributed by atoms with van der Waals surface area (Å²) in [7, 11) is 1.86. The van der Waals surface area contributed by atoms with E-state index in [0.717, 1.165) is 47.0 Å². The van der Waals surface area contributed by atoms with Gasteiger partial charge in [0.25, 0.3) is 0 Å². The minimum Gasteiger partial charge on any atom is -0.492 e. The molecular weight excluding hydrogens is 238 g/mol. The highest BCUT2D eigenvalue weighted by atomic mass is 16.5. The fourth-order valence-corrected chi connectivity index (χ4v) is 2.50. The first-order chi connectivity index (χ1) is 9.22. The van der Waals surface area contributed by atoms with Gasteiger partial charge < -0.3 is 10.1 Å². The van der Waals surface area contributed by atoms with E-state index in [2.05, 4.69) is 47.6 Å². The van der Waals surface area contributed by atoms with E-state index in [1.54, 1.807) is 0 Å². The van der Waals surface area contributed by atoms with Crippen LogP contribution < -0.4 is 10.1 Å². The van der Waals surface area contributed by atoms with E-state index in [1.165, 1.54) is 5.56 Å². The number of para-hydroxylation sites is 1. The van der Waals surface area contributed by atoms with Crippen molar-refractivity contribution in [3.63, 3.8) is 0 Å². The maximum atomic E-state index is 5.75. The summed E-state index contributed by atoms with van der Waals surface area (Å²) in [4.78, 5) is 0. The number of benzene rings is 1.